The largest absolute Gasteiger partial charge is 0.461 e. The lowest BCUT2D eigenvalue weighted by atomic mass is 9.82. The van der Waals surface area contributed by atoms with E-state index in [1.807, 2.05) is 0 Å². The van der Waals surface area contributed by atoms with E-state index in [0.717, 1.165) is 0 Å². The lowest BCUT2D eigenvalue weighted by Gasteiger charge is -2.21. The molecule has 0 atom stereocenters. The van der Waals surface area contributed by atoms with Crippen LogP contribution in [0.4, 0.5) is 0 Å². The summed E-state index contributed by atoms with van der Waals surface area (Å²) in [4.78, 5) is 48.2. The molecule has 0 amide bonds. The minimum Gasteiger partial charge on any atom is -0.461 e. The van der Waals surface area contributed by atoms with Crippen molar-refractivity contribution in [2.24, 2.45) is 0 Å². The number of hydrogen-bond donors (Lipinski definition) is 0. The second-order valence-corrected chi connectivity index (χ2v) is 5.55. The first-order valence-electron chi connectivity index (χ1n) is 7.56. The van der Waals surface area contributed by atoms with Crippen molar-refractivity contribution in [3.63, 3.8) is 0 Å². The summed E-state index contributed by atoms with van der Waals surface area (Å²) >= 11 is 0. The van der Waals surface area contributed by atoms with Crippen LogP contribution in [0.2, 0.25) is 0 Å². The number of rotatable bonds is 3. The van der Waals surface area contributed by atoms with Gasteiger partial charge in [0.15, 0.2) is 11.6 Å². The highest BCUT2D eigenvalue weighted by molar-refractivity contribution is 6.29. The van der Waals surface area contributed by atoms with Gasteiger partial charge in [0.2, 0.25) is 0 Å². The summed E-state index contributed by atoms with van der Waals surface area (Å²) in [5.74, 6) is -1.93. The van der Waals surface area contributed by atoms with Gasteiger partial charge in [-0.2, -0.15) is 0 Å². The third kappa shape index (κ3) is 2.94. The summed E-state index contributed by atoms with van der Waals surface area (Å²) < 4.78 is 10.2. The summed E-state index contributed by atoms with van der Waals surface area (Å²) in [6.45, 7) is 2.27. The molecule has 126 valence electrons. The maximum absolute atomic E-state index is 12.9. The van der Waals surface area contributed by atoms with E-state index in [4.69, 9.17) is 9.47 Å². The van der Waals surface area contributed by atoms with E-state index in [2.05, 4.69) is 0 Å². The highest BCUT2D eigenvalue weighted by Gasteiger charge is 2.33. The quantitative estimate of drug-likeness (QED) is 0.538. The van der Waals surface area contributed by atoms with Gasteiger partial charge < -0.3 is 9.47 Å². The van der Waals surface area contributed by atoms with Gasteiger partial charge in [0, 0.05) is 36.1 Å². The molecule has 0 radical (unpaired) electrons. The molecule has 0 heterocycles. The highest BCUT2D eigenvalue weighted by atomic mass is 16.5. The SMILES string of the molecule is CC(=O)OCc1ccc2c(c1OC(C)=O)C(=O)c1ccccc1C2=O. The van der Waals surface area contributed by atoms with E-state index in [1.54, 1.807) is 24.3 Å². The average Bonchev–Trinajstić information content (AvgIpc) is 2.57. The number of hydrogen-bond acceptors (Lipinski definition) is 6. The Morgan fingerprint density at radius 3 is 2.08 bits per heavy atom. The van der Waals surface area contributed by atoms with Crippen molar-refractivity contribution >= 4 is 23.5 Å². The Morgan fingerprint density at radius 1 is 0.840 bits per heavy atom. The monoisotopic (exact) mass is 338 g/mol. The Hall–Kier alpha value is -3.28. The van der Waals surface area contributed by atoms with Gasteiger partial charge in [-0.15, -0.1) is 0 Å². The van der Waals surface area contributed by atoms with E-state index in [-0.39, 0.29) is 34.8 Å². The third-order valence-electron chi connectivity index (χ3n) is 3.80. The number of esters is 2. The normalized spacial score (nSPS) is 12.2. The molecule has 2 aromatic carbocycles. The summed E-state index contributed by atoms with van der Waals surface area (Å²) in [5, 5.41) is 0. The van der Waals surface area contributed by atoms with Crippen LogP contribution in [0.15, 0.2) is 36.4 Å². The maximum Gasteiger partial charge on any atom is 0.308 e. The Balaban J connectivity index is 2.20. The van der Waals surface area contributed by atoms with Crippen molar-refractivity contribution in [1.29, 1.82) is 0 Å². The van der Waals surface area contributed by atoms with Gasteiger partial charge in [-0.05, 0) is 6.07 Å². The predicted molar refractivity (Wildman–Crippen MR) is 86.5 cm³/mol. The standard InChI is InChI=1S/C19H14O6/c1-10(20)24-9-12-7-8-15-16(19(12)25-11(2)21)18(23)14-6-4-3-5-13(14)17(15)22/h3-8H,9H2,1-2H3. The van der Waals surface area contributed by atoms with Gasteiger partial charge >= 0.3 is 11.9 Å². The van der Waals surface area contributed by atoms with Crippen molar-refractivity contribution in [3.05, 3.63) is 64.2 Å². The number of ketones is 2. The first-order chi connectivity index (χ1) is 11.9. The van der Waals surface area contributed by atoms with Crippen molar-refractivity contribution in [2.75, 3.05) is 0 Å². The van der Waals surface area contributed by atoms with Crippen LogP contribution in [0.3, 0.4) is 0 Å². The van der Waals surface area contributed by atoms with Crippen molar-refractivity contribution in [3.8, 4) is 5.75 Å². The minimum absolute atomic E-state index is 0.0172. The fourth-order valence-corrected chi connectivity index (χ4v) is 2.75. The zero-order valence-electron chi connectivity index (χ0n) is 13.6. The molecule has 0 saturated heterocycles. The lowest BCUT2D eigenvalue weighted by molar-refractivity contribution is -0.142. The molecule has 6 heteroatoms. The summed E-state index contributed by atoms with van der Waals surface area (Å²) in [7, 11) is 0. The van der Waals surface area contributed by atoms with Crippen molar-refractivity contribution < 1.29 is 28.7 Å². The zero-order valence-corrected chi connectivity index (χ0v) is 13.6. The zero-order chi connectivity index (χ0) is 18.1. The molecular weight excluding hydrogens is 324 g/mol. The molecule has 0 N–H and O–H groups in total. The number of ether oxygens (including phenoxy) is 2. The smallest absolute Gasteiger partial charge is 0.308 e. The Labute approximate surface area is 143 Å². The third-order valence-corrected chi connectivity index (χ3v) is 3.80. The fourth-order valence-electron chi connectivity index (χ4n) is 2.75. The number of carbonyl (C=O) groups excluding carboxylic acids is 4. The molecule has 2 aromatic rings. The molecule has 0 unspecified atom stereocenters. The van der Waals surface area contributed by atoms with E-state index in [9.17, 15) is 19.2 Å². The molecule has 0 saturated carbocycles. The number of benzene rings is 2. The van der Waals surface area contributed by atoms with E-state index >= 15 is 0 Å². The highest BCUT2D eigenvalue weighted by Crippen LogP contribution is 2.36. The Bertz CT molecular complexity index is 926. The van der Waals surface area contributed by atoms with Gasteiger partial charge in [-0.1, -0.05) is 30.3 Å². The van der Waals surface area contributed by atoms with Crippen LogP contribution in [0.25, 0.3) is 0 Å². The molecule has 1 aliphatic rings. The first-order valence-corrected chi connectivity index (χ1v) is 7.56. The summed E-state index contributed by atoms with van der Waals surface area (Å²) in [5.41, 5.74) is 1.07. The van der Waals surface area contributed by atoms with Crippen LogP contribution in [0, 0.1) is 0 Å². The molecule has 0 aromatic heterocycles. The number of fused-ring (bicyclic) bond motifs is 2. The topological polar surface area (TPSA) is 86.7 Å². The molecule has 6 nitrogen and oxygen atoms in total. The summed E-state index contributed by atoms with van der Waals surface area (Å²) in [6.07, 6.45) is 0. The van der Waals surface area contributed by atoms with Gasteiger partial charge in [-0.25, -0.2) is 0 Å². The van der Waals surface area contributed by atoms with E-state index < -0.39 is 17.7 Å². The van der Waals surface area contributed by atoms with Gasteiger partial charge in [0.1, 0.15) is 12.4 Å². The molecule has 0 fully saturated rings. The van der Waals surface area contributed by atoms with Crippen molar-refractivity contribution in [2.45, 2.75) is 20.5 Å². The Morgan fingerprint density at radius 2 is 1.48 bits per heavy atom. The summed E-state index contributed by atoms with van der Waals surface area (Å²) in [6, 6.07) is 9.46. The van der Waals surface area contributed by atoms with E-state index in [1.165, 1.54) is 26.0 Å². The van der Waals surface area contributed by atoms with Crippen LogP contribution < -0.4 is 4.74 Å². The first kappa shape index (κ1) is 16.6. The fraction of sp³-hybridized carbons (Fsp3) is 0.158. The second-order valence-electron chi connectivity index (χ2n) is 5.55. The predicted octanol–water partition coefficient (Wildman–Crippen LogP) is 2.45. The van der Waals surface area contributed by atoms with Crippen LogP contribution in [-0.4, -0.2) is 23.5 Å². The molecule has 0 bridgehead atoms. The van der Waals surface area contributed by atoms with E-state index in [0.29, 0.717) is 11.1 Å². The van der Waals surface area contributed by atoms with Crippen LogP contribution >= 0.6 is 0 Å². The minimum atomic E-state index is -0.642. The van der Waals surface area contributed by atoms with Gasteiger partial charge in [-0.3, -0.25) is 19.2 Å². The van der Waals surface area contributed by atoms with Crippen LogP contribution in [0.5, 0.6) is 5.75 Å². The maximum atomic E-state index is 12.9. The molecule has 1 aliphatic carbocycles. The molecule has 0 spiro atoms. The van der Waals surface area contributed by atoms with Crippen molar-refractivity contribution in [1.82, 2.24) is 0 Å². The lowest BCUT2D eigenvalue weighted by Crippen LogP contribution is -2.23. The Kier molecular flexibility index (Phi) is 4.19. The number of carbonyl (C=O) groups is 4. The second kappa shape index (κ2) is 6.32. The average molecular weight is 338 g/mol. The molecular formula is C19H14O6. The van der Waals surface area contributed by atoms with Gasteiger partial charge in [0.05, 0.1) is 5.56 Å². The van der Waals surface area contributed by atoms with Crippen LogP contribution in [-0.2, 0) is 20.9 Å². The molecule has 25 heavy (non-hydrogen) atoms. The molecule has 0 aliphatic heterocycles. The van der Waals surface area contributed by atoms with Crippen LogP contribution in [0.1, 0.15) is 51.3 Å². The molecule has 3 rings (SSSR count). The van der Waals surface area contributed by atoms with Gasteiger partial charge in [0.25, 0.3) is 0 Å².